The lowest BCUT2D eigenvalue weighted by atomic mass is 10.4. The van der Waals surface area contributed by atoms with Crippen molar-refractivity contribution in [1.82, 2.24) is 30.2 Å². The summed E-state index contributed by atoms with van der Waals surface area (Å²) in [6.45, 7) is 1.91. The molecular formula is C6H7N7O2. The molecule has 0 fully saturated rings. The van der Waals surface area contributed by atoms with Crippen LogP contribution >= 0.6 is 0 Å². The van der Waals surface area contributed by atoms with Crippen LogP contribution in [-0.4, -0.2) is 42.8 Å². The molecule has 0 aliphatic heterocycles. The number of ether oxygens (including phenoxy) is 1. The molecule has 15 heavy (non-hydrogen) atoms. The van der Waals surface area contributed by atoms with Gasteiger partial charge in [0.2, 0.25) is 5.69 Å². The molecule has 0 unspecified atom stereocenters. The van der Waals surface area contributed by atoms with Gasteiger partial charge in [-0.3, -0.25) is 0 Å². The molecule has 9 heteroatoms. The van der Waals surface area contributed by atoms with Crippen LogP contribution in [0.25, 0.3) is 5.78 Å². The van der Waals surface area contributed by atoms with Gasteiger partial charge in [-0.1, -0.05) is 9.73 Å². The third-order valence-electron chi connectivity index (χ3n) is 1.56. The van der Waals surface area contributed by atoms with Gasteiger partial charge >= 0.3 is 5.97 Å². The van der Waals surface area contributed by atoms with Crippen molar-refractivity contribution in [3.8, 4) is 0 Å². The zero-order valence-corrected chi connectivity index (χ0v) is 7.78. The molecule has 0 aliphatic rings. The van der Waals surface area contributed by atoms with E-state index >= 15 is 0 Å². The molecule has 0 bridgehead atoms. The van der Waals surface area contributed by atoms with Crippen LogP contribution in [0.1, 0.15) is 17.4 Å². The highest BCUT2D eigenvalue weighted by Crippen LogP contribution is 2.06. The number of hydrogen-bond donors (Lipinski definition) is 1. The number of anilines is 1. The molecule has 0 atom stereocenters. The summed E-state index contributed by atoms with van der Waals surface area (Å²) in [6, 6.07) is 0. The number of tetrazole rings is 1. The fraction of sp³-hybridized carbons (Fsp3) is 0.333. The van der Waals surface area contributed by atoms with Gasteiger partial charge < -0.3 is 10.5 Å². The van der Waals surface area contributed by atoms with Crippen molar-refractivity contribution in [1.29, 1.82) is 0 Å². The summed E-state index contributed by atoms with van der Waals surface area (Å²) in [6.07, 6.45) is 0. The van der Waals surface area contributed by atoms with E-state index in [4.69, 9.17) is 10.5 Å². The van der Waals surface area contributed by atoms with E-state index < -0.39 is 5.97 Å². The average molecular weight is 210 g/mol. The third kappa shape index (κ3) is 1.54. The van der Waals surface area contributed by atoms with Crippen molar-refractivity contribution in [2.75, 3.05) is 12.3 Å². The highest BCUT2D eigenvalue weighted by Gasteiger charge is 2.16. The van der Waals surface area contributed by atoms with Gasteiger partial charge in [0, 0.05) is 0 Å². The van der Waals surface area contributed by atoms with Crippen LogP contribution in [0.3, 0.4) is 0 Å². The first kappa shape index (κ1) is 9.24. The van der Waals surface area contributed by atoms with E-state index in [1.807, 2.05) is 0 Å². The van der Waals surface area contributed by atoms with Crippen LogP contribution in [0.2, 0.25) is 0 Å². The van der Waals surface area contributed by atoms with Crippen molar-refractivity contribution >= 4 is 17.6 Å². The average Bonchev–Trinajstić information content (AvgIpc) is 2.63. The van der Waals surface area contributed by atoms with Crippen LogP contribution in [-0.2, 0) is 4.74 Å². The molecule has 0 aliphatic carbocycles. The van der Waals surface area contributed by atoms with Gasteiger partial charge in [0.05, 0.1) is 6.61 Å². The lowest BCUT2D eigenvalue weighted by molar-refractivity contribution is 0.0518. The molecular weight excluding hydrogens is 203 g/mol. The number of carbonyl (C=O) groups is 1. The molecule has 0 spiro atoms. The number of rotatable bonds is 2. The van der Waals surface area contributed by atoms with Gasteiger partial charge in [0.15, 0.2) is 5.82 Å². The topological polar surface area (TPSA) is 121 Å². The van der Waals surface area contributed by atoms with E-state index in [0.717, 1.165) is 4.63 Å². The van der Waals surface area contributed by atoms with Crippen molar-refractivity contribution in [3.05, 3.63) is 5.69 Å². The van der Waals surface area contributed by atoms with Gasteiger partial charge in [-0.25, -0.2) is 4.79 Å². The molecule has 0 radical (unpaired) electrons. The summed E-state index contributed by atoms with van der Waals surface area (Å²) in [4.78, 5) is 15.1. The number of nitrogen functional groups attached to an aromatic ring is 1. The summed E-state index contributed by atoms with van der Waals surface area (Å²) in [5.74, 6) is -0.587. The van der Waals surface area contributed by atoms with Crippen LogP contribution in [0, 0.1) is 0 Å². The van der Waals surface area contributed by atoms with Gasteiger partial charge in [0.25, 0.3) is 5.78 Å². The van der Waals surface area contributed by atoms with E-state index in [1.54, 1.807) is 6.92 Å². The second kappa shape index (κ2) is 3.44. The summed E-state index contributed by atoms with van der Waals surface area (Å²) in [5, 5.41) is 14.1. The Morgan fingerprint density at radius 2 is 2.40 bits per heavy atom. The first-order chi connectivity index (χ1) is 7.22. The minimum atomic E-state index is -0.653. The normalized spacial score (nSPS) is 10.5. The molecule has 2 aromatic heterocycles. The third-order valence-corrected chi connectivity index (χ3v) is 1.56. The second-order valence-corrected chi connectivity index (χ2v) is 2.53. The predicted octanol–water partition coefficient (Wildman–Crippen LogP) is -1.33. The van der Waals surface area contributed by atoms with Gasteiger partial charge in [0.1, 0.15) is 0 Å². The van der Waals surface area contributed by atoms with Crippen LogP contribution in [0.4, 0.5) is 5.82 Å². The highest BCUT2D eigenvalue weighted by molar-refractivity contribution is 5.91. The molecule has 0 saturated carbocycles. The fourth-order valence-corrected chi connectivity index (χ4v) is 0.961. The second-order valence-electron chi connectivity index (χ2n) is 2.53. The Hall–Kier alpha value is -2.32. The number of fused-ring (bicyclic) bond motifs is 1. The highest BCUT2D eigenvalue weighted by atomic mass is 16.5. The Morgan fingerprint density at radius 1 is 1.60 bits per heavy atom. The Kier molecular flexibility index (Phi) is 2.12. The van der Waals surface area contributed by atoms with E-state index in [1.165, 1.54) is 0 Å². The molecule has 0 amide bonds. The Labute approximate surface area is 83.2 Å². The largest absolute Gasteiger partial charge is 0.461 e. The van der Waals surface area contributed by atoms with Crippen LogP contribution < -0.4 is 5.73 Å². The molecule has 2 aromatic rings. The summed E-state index contributed by atoms with van der Waals surface area (Å²) < 4.78 is 5.73. The number of aromatic nitrogens is 6. The van der Waals surface area contributed by atoms with E-state index in [0.29, 0.717) is 0 Å². The fourth-order valence-electron chi connectivity index (χ4n) is 0.961. The predicted molar refractivity (Wildman–Crippen MR) is 46.7 cm³/mol. The Balaban J connectivity index is 2.50. The quantitative estimate of drug-likeness (QED) is 0.605. The molecule has 2 N–H and O–H groups in total. The maximum atomic E-state index is 11.3. The summed E-state index contributed by atoms with van der Waals surface area (Å²) in [5.41, 5.74) is 5.39. The smallest absolute Gasteiger partial charge is 0.362 e. The molecule has 78 valence electrons. The van der Waals surface area contributed by atoms with E-state index in [-0.39, 0.29) is 23.9 Å². The lowest BCUT2D eigenvalue weighted by Gasteiger charge is -2.02. The number of nitrogens with zero attached hydrogens (tertiary/aromatic N) is 6. The van der Waals surface area contributed by atoms with Gasteiger partial charge in [-0.2, -0.15) is 4.98 Å². The maximum absolute atomic E-state index is 11.3. The van der Waals surface area contributed by atoms with Gasteiger partial charge in [-0.05, 0) is 17.4 Å². The van der Waals surface area contributed by atoms with E-state index in [9.17, 15) is 4.79 Å². The Morgan fingerprint density at radius 3 is 3.13 bits per heavy atom. The van der Waals surface area contributed by atoms with Crippen LogP contribution in [0.5, 0.6) is 0 Å². The van der Waals surface area contributed by atoms with E-state index in [2.05, 4.69) is 25.6 Å². The van der Waals surface area contributed by atoms with Crippen LogP contribution in [0.15, 0.2) is 0 Å². The first-order valence-electron chi connectivity index (χ1n) is 4.11. The Bertz CT molecular complexity index is 507. The minimum absolute atomic E-state index is 0.0595. The molecule has 2 rings (SSSR count). The number of hydrogen-bond acceptors (Lipinski definition) is 8. The summed E-state index contributed by atoms with van der Waals surface area (Å²) >= 11 is 0. The molecule has 9 nitrogen and oxygen atoms in total. The minimum Gasteiger partial charge on any atom is -0.461 e. The van der Waals surface area contributed by atoms with Crippen molar-refractivity contribution < 1.29 is 9.53 Å². The zero-order valence-electron chi connectivity index (χ0n) is 7.78. The molecule has 2 heterocycles. The zero-order chi connectivity index (χ0) is 10.8. The van der Waals surface area contributed by atoms with Gasteiger partial charge in [-0.15, -0.1) is 5.10 Å². The summed E-state index contributed by atoms with van der Waals surface area (Å²) in [7, 11) is 0. The number of nitrogens with two attached hydrogens (primary N) is 1. The number of carbonyl (C=O) groups excluding carboxylic acids is 1. The van der Waals surface area contributed by atoms with Crippen molar-refractivity contribution in [3.63, 3.8) is 0 Å². The number of esters is 1. The van der Waals surface area contributed by atoms with Crippen molar-refractivity contribution in [2.45, 2.75) is 6.92 Å². The standard InChI is InChI=1S/C6H7N7O2/c1-2-15-5(14)3-4(7)8-6-9-11-12-13(6)10-3/h2H2,1H3,(H2,7,8,9,12)/i12+1. The molecule has 0 aromatic carbocycles. The van der Waals surface area contributed by atoms with Crippen molar-refractivity contribution in [2.24, 2.45) is 0 Å². The molecule has 0 saturated heterocycles. The monoisotopic (exact) mass is 210 g/mol. The lowest BCUT2D eigenvalue weighted by Crippen LogP contribution is -2.15. The maximum Gasteiger partial charge on any atom is 0.362 e. The SMILES string of the molecule is CCOC(=O)c1nn2[15n]nnc2nc1N. The first-order valence-corrected chi connectivity index (χ1v) is 4.11.